The lowest BCUT2D eigenvalue weighted by molar-refractivity contribution is 0.0980. The molecule has 1 aliphatic heterocycles. The molecule has 0 bridgehead atoms. The Bertz CT molecular complexity index is 902. The van der Waals surface area contributed by atoms with Crippen LogP contribution in [-0.4, -0.2) is 22.6 Å². The van der Waals surface area contributed by atoms with Gasteiger partial charge in [0.1, 0.15) is 11.5 Å². The third-order valence-electron chi connectivity index (χ3n) is 4.24. The highest BCUT2D eigenvalue weighted by molar-refractivity contribution is 6.05. The Morgan fingerprint density at radius 3 is 2.88 bits per heavy atom. The molecule has 0 atom stereocenters. The van der Waals surface area contributed by atoms with Crippen LogP contribution in [0.25, 0.3) is 0 Å². The van der Waals surface area contributed by atoms with Gasteiger partial charge in [0.05, 0.1) is 11.9 Å². The van der Waals surface area contributed by atoms with Crippen LogP contribution in [-0.2, 0) is 6.42 Å². The lowest BCUT2D eigenvalue weighted by Gasteiger charge is -2.29. The number of hydrogen-bond acceptors (Lipinski definition) is 5. The molecule has 0 spiro atoms. The fourth-order valence-corrected chi connectivity index (χ4v) is 3.05. The number of carbonyl (C=O) groups excluding carboxylic acids is 1. The van der Waals surface area contributed by atoms with Crippen molar-refractivity contribution in [1.29, 1.82) is 0 Å². The molecule has 2 aromatic heterocycles. The quantitative estimate of drug-likeness (QED) is 0.790. The average molecular weight is 334 g/mol. The Balaban J connectivity index is 1.53. The summed E-state index contributed by atoms with van der Waals surface area (Å²) in [7, 11) is 0. The summed E-state index contributed by atoms with van der Waals surface area (Å²) in [6.07, 6.45) is 3.61. The molecular formula is C19H18N4O2. The molecule has 1 aliphatic rings. The van der Waals surface area contributed by atoms with Crippen LogP contribution in [0.1, 0.15) is 28.2 Å². The number of aryl methyl sites for hydroxylation is 2. The van der Waals surface area contributed by atoms with Crippen molar-refractivity contribution < 1.29 is 9.32 Å². The smallest absolute Gasteiger partial charge is 0.276 e. The van der Waals surface area contributed by atoms with Crippen LogP contribution in [0, 0.1) is 6.92 Å². The van der Waals surface area contributed by atoms with Gasteiger partial charge in [-0.05, 0) is 43.5 Å². The van der Waals surface area contributed by atoms with Crippen molar-refractivity contribution in [3.8, 4) is 0 Å². The highest BCUT2D eigenvalue weighted by atomic mass is 16.5. The Kier molecular flexibility index (Phi) is 3.93. The molecule has 0 saturated carbocycles. The van der Waals surface area contributed by atoms with E-state index < -0.39 is 0 Å². The molecule has 0 radical (unpaired) electrons. The molecule has 6 nitrogen and oxygen atoms in total. The topological polar surface area (TPSA) is 71.3 Å². The SMILES string of the molecule is Cc1cc(Nc2ccc(C(=O)N3CCCc4ccccc43)nc2)no1. The summed E-state index contributed by atoms with van der Waals surface area (Å²) in [4.78, 5) is 19.0. The summed E-state index contributed by atoms with van der Waals surface area (Å²) in [5.41, 5.74) is 3.38. The van der Waals surface area contributed by atoms with Gasteiger partial charge in [-0.15, -0.1) is 0 Å². The summed E-state index contributed by atoms with van der Waals surface area (Å²) in [6.45, 7) is 2.55. The van der Waals surface area contributed by atoms with Crippen molar-refractivity contribution in [2.75, 3.05) is 16.8 Å². The minimum absolute atomic E-state index is 0.0732. The molecule has 1 amide bonds. The van der Waals surface area contributed by atoms with E-state index in [0.717, 1.165) is 36.5 Å². The van der Waals surface area contributed by atoms with E-state index in [1.165, 1.54) is 5.56 Å². The summed E-state index contributed by atoms with van der Waals surface area (Å²) < 4.78 is 5.02. The van der Waals surface area contributed by atoms with Crippen molar-refractivity contribution in [1.82, 2.24) is 10.1 Å². The van der Waals surface area contributed by atoms with E-state index in [2.05, 4.69) is 21.5 Å². The van der Waals surface area contributed by atoms with E-state index in [9.17, 15) is 4.79 Å². The van der Waals surface area contributed by atoms with Gasteiger partial charge in [-0.2, -0.15) is 0 Å². The first kappa shape index (κ1) is 15.4. The van der Waals surface area contributed by atoms with Gasteiger partial charge < -0.3 is 14.7 Å². The maximum Gasteiger partial charge on any atom is 0.276 e. The van der Waals surface area contributed by atoms with E-state index in [1.54, 1.807) is 18.3 Å². The second-order valence-electron chi connectivity index (χ2n) is 6.07. The first-order valence-corrected chi connectivity index (χ1v) is 8.27. The highest BCUT2D eigenvalue weighted by Gasteiger charge is 2.23. The van der Waals surface area contributed by atoms with Gasteiger partial charge in [-0.25, -0.2) is 4.98 Å². The summed E-state index contributed by atoms with van der Waals surface area (Å²) >= 11 is 0. The van der Waals surface area contributed by atoms with Crippen LogP contribution in [0.15, 0.2) is 53.2 Å². The molecule has 0 saturated heterocycles. The van der Waals surface area contributed by atoms with Gasteiger partial charge in [-0.1, -0.05) is 23.4 Å². The maximum atomic E-state index is 12.9. The molecule has 6 heteroatoms. The molecule has 126 valence electrons. The third-order valence-corrected chi connectivity index (χ3v) is 4.24. The lowest BCUT2D eigenvalue weighted by Crippen LogP contribution is -2.35. The zero-order valence-corrected chi connectivity index (χ0v) is 13.9. The Morgan fingerprint density at radius 2 is 2.12 bits per heavy atom. The number of rotatable bonds is 3. The third kappa shape index (κ3) is 3.10. The van der Waals surface area contributed by atoms with Crippen molar-refractivity contribution in [3.05, 3.63) is 65.7 Å². The zero-order chi connectivity index (χ0) is 17.2. The van der Waals surface area contributed by atoms with Crippen LogP contribution in [0.5, 0.6) is 0 Å². The molecular weight excluding hydrogens is 316 g/mol. The highest BCUT2D eigenvalue weighted by Crippen LogP contribution is 2.28. The van der Waals surface area contributed by atoms with Gasteiger partial charge in [0, 0.05) is 18.3 Å². The summed E-state index contributed by atoms with van der Waals surface area (Å²) in [5.74, 6) is 1.27. The van der Waals surface area contributed by atoms with Crippen LogP contribution >= 0.6 is 0 Å². The number of benzene rings is 1. The predicted octanol–water partition coefficient (Wildman–Crippen LogP) is 3.71. The molecule has 0 aliphatic carbocycles. The summed E-state index contributed by atoms with van der Waals surface area (Å²) in [5, 5.41) is 6.97. The molecule has 25 heavy (non-hydrogen) atoms. The van der Waals surface area contributed by atoms with Crippen LogP contribution in [0.2, 0.25) is 0 Å². The average Bonchev–Trinajstić information content (AvgIpc) is 3.06. The number of aromatic nitrogens is 2. The molecule has 3 aromatic rings. The molecule has 1 N–H and O–H groups in total. The second-order valence-corrected chi connectivity index (χ2v) is 6.07. The van der Waals surface area contributed by atoms with Crippen LogP contribution in [0.3, 0.4) is 0 Å². The number of nitrogens with one attached hydrogen (secondary N) is 1. The van der Waals surface area contributed by atoms with Crippen molar-refractivity contribution in [2.24, 2.45) is 0 Å². The van der Waals surface area contributed by atoms with E-state index >= 15 is 0 Å². The van der Waals surface area contributed by atoms with E-state index in [1.807, 2.05) is 36.1 Å². The first-order valence-electron chi connectivity index (χ1n) is 8.27. The maximum absolute atomic E-state index is 12.9. The number of nitrogens with zero attached hydrogens (tertiary/aromatic N) is 3. The van der Waals surface area contributed by atoms with E-state index in [4.69, 9.17) is 4.52 Å². The fraction of sp³-hybridized carbons (Fsp3) is 0.211. The van der Waals surface area contributed by atoms with Crippen LogP contribution in [0.4, 0.5) is 17.2 Å². The lowest BCUT2D eigenvalue weighted by atomic mass is 10.0. The Hall–Kier alpha value is -3.15. The predicted molar refractivity (Wildman–Crippen MR) is 95.2 cm³/mol. The standard InChI is InChI=1S/C19H18N4O2/c1-13-11-18(22-25-13)21-15-8-9-16(20-12-15)19(24)23-10-4-6-14-5-2-3-7-17(14)23/h2-3,5,7-9,11-12H,4,6,10H2,1H3,(H,21,22). The molecule has 3 heterocycles. The van der Waals surface area contributed by atoms with E-state index in [0.29, 0.717) is 11.5 Å². The Morgan fingerprint density at radius 1 is 1.24 bits per heavy atom. The zero-order valence-electron chi connectivity index (χ0n) is 13.9. The van der Waals surface area contributed by atoms with Crippen molar-refractivity contribution >= 4 is 23.1 Å². The minimum Gasteiger partial charge on any atom is -0.360 e. The van der Waals surface area contributed by atoms with Gasteiger partial charge in [-0.3, -0.25) is 4.79 Å². The number of hydrogen-bond donors (Lipinski definition) is 1. The first-order chi connectivity index (χ1) is 12.2. The molecule has 0 fully saturated rings. The van der Waals surface area contributed by atoms with E-state index in [-0.39, 0.29) is 5.91 Å². The van der Waals surface area contributed by atoms with Gasteiger partial charge >= 0.3 is 0 Å². The largest absolute Gasteiger partial charge is 0.360 e. The van der Waals surface area contributed by atoms with Crippen LogP contribution < -0.4 is 10.2 Å². The minimum atomic E-state index is -0.0732. The Labute approximate surface area is 145 Å². The fourth-order valence-electron chi connectivity index (χ4n) is 3.05. The molecule has 1 aromatic carbocycles. The molecule has 0 unspecified atom stereocenters. The van der Waals surface area contributed by atoms with Gasteiger partial charge in [0.25, 0.3) is 5.91 Å². The number of pyridine rings is 1. The summed E-state index contributed by atoms with van der Waals surface area (Å²) in [6, 6.07) is 13.4. The second kappa shape index (κ2) is 6.39. The number of amides is 1. The number of fused-ring (bicyclic) bond motifs is 1. The number of carbonyl (C=O) groups is 1. The number of para-hydroxylation sites is 1. The van der Waals surface area contributed by atoms with Gasteiger partial charge in [0.2, 0.25) is 0 Å². The van der Waals surface area contributed by atoms with Crippen molar-refractivity contribution in [3.63, 3.8) is 0 Å². The molecule has 4 rings (SSSR count). The van der Waals surface area contributed by atoms with Gasteiger partial charge in [0.15, 0.2) is 5.82 Å². The monoisotopic (exact) mass is 334 g/mol. The number of anilines is 3. The normalized spacial score (nSPS) is 13.4. The van der Waals surface area contributed by atoms with Crippen molar-refractivity contribution in [2.45, 2.75) is 19.8 Å².